The quantitative estimate of drug-likeness (QED) is 0.0973. The second kappa shape index (κ2) is 17.3. The van der Waals surface area contributed by atoms with Crippen molar-refractivity contribution in [1.29, 1.82) is 0 Å². The Morgan fingerprint density at radius 1 is 0.940 bits per heavy atom. The van der Waals surface area contributed by atoms with E-state index in [0.717, 1.165) is 25.7 Å². The molecule has 2 saturated heterocycles. The highest BCUT2D eigenvalue weighted by Crippen LogP contribution is 2.36. The Labute approximate surface area is 300 Å². The predicted molar refractivity (Wildman–Crippen MR) is 194 cm³/mol. The summed E-state index contributed by atoms with van der Waals surface area (Å²) >= 11 is 0. The number of rotatable bonds is 15. The van der Waals surface area contributed by atoms with Gasteiger partial charge in [-0.05, 0) is 54.3 Å². The fourth-order valence-electron chi connectivity index (χ4n) is 7.19. The van der Waals surface area contributed by atoms with Crippen LogP contribution in [0.5, 0.6) is 0 Å². The Morgan fingerprint density at radius 3 is 2.12 bits per heavy atom. The van der Waals surface area contributed by atoms with E-state index in [1.54, 1.807) is 4.90 Å². The van der Waals surface area contributed by atoms with Crippen molar-refractivity contribution in [3.05, 3.63) is 12.7 Å². The molecule has 2 heterocycles. The molecule has 0 aromatic heterocycles. The summed E-state index contributed by atoms with van der Waals surface area (Å²) in [5.41, 5.74) is -1.21. The van der Waals surface area contributed by atoms with E-state index in [1.165, 1.54) is 10.4 Å². The smallest absolute Gasteiger partial charge is 0.315 e. The fraction of sp³-hybridized carbons (Fsp3) is 0.833. The lowest BCUT2D eigenvalue weighted by Gasteiger charge is -2.41. The van der Waals surface area contributed by atoms with E-state index in [0.29, 0.717) is 32.4 Å². The number of likely N-dealkylation sites (tertiary alicyclic amines) is 1. The van der Waals surface area contributed by atoms with E-state index in [2.05, 4.69) is 27.8 Å². The van der Waals surface area contributed by atoms with Gasteiger partial charge in [-0.3, -0.25) is 19.7 Å². The SMILES string of the molecule is C=CCNC(=O)C(=O)C(CC1CCC1)NC(O)[C@@H]1[C@@H](C(C)C)CCN1C(=O)[C@@H](NC(=O)N[C@H](CN1CCCCS1(=O)=O)C(C)(C)C)C(C)(C)C. The summed E-state index contributed by atoms with van der Waals surface area (Å²) in [5, 5.41) is 23.3. The average Bonchev–Trinajstić information content (AvgIpc) is 3.44. The van der Waals surface area contributed by atoms with Gasteiger partial charge in [-0.25, -0.2) is 13.2 Å². The van der Waals surface area contributed by atoms with Crippen LogP contribution in [-0.4, -0.2) is 109 Å². The van der Waals surface area contributed by atoms with Gasteiger partial charge in [0.15, 0.2) is 0 Å². The average molecular weight is 725 g/mol. The maximum atomic E-state index is 14.5. The molecule has 0 aromatic rings. The van der Waals surface area contributed by atoms with E-state index < -0.39 is 69.0 Å². The summed E-state index contributed by atoms with van der Waals surface area (Å²) in [6.07, 6.45) is 5.54. The molecule has 0 aromatic carbocycles. The van der Waals surface area contributed by atoms with Gasteiger partial charge in [-0.2, -0.15) is 4.31 Å². The van der Waals surface area contributed by atoms with Gasteiger partial charge in [0.2, 0.25) is 21.7 Å². The summed E-state index contributed by atoms with van der Waals surface area (Å²) in [6, 6.07) is -3.74. The molecule has 0 spiro atoms. The van der Waals surface area contributed by atoms with Crippen molar-refractivity contribution in [3.63, 3.8) is 0 Å². The third-order valence-corrected chi connectivity index (χ3v) is 12.6. The Bertz CT molecular complexity index is 1320. The highest BCUT2D eigenvalue weighted by atomic mass is 32.2. The number of ketones is 1. The largest absolute Gasteiger partial charge is 0.376 e. The molecule has 2 unspecified atom stereocenters. The van der Waals surface area contributed by atoms with Gasteiger partial charge >= 0.3 is 6.03 Å². The van der Waals surface area contributed by atoms with Crippen molar-refractivity contribution in [2.45, 2.75) is 131 Å². The number of amides is 4. The number of nitrogens with zero attached hydrogens (tertiary/aromatic N) is 2. The molecule has 1 aliphatic carbocycles. The minimum Gasteiger partial charge on any atom is -0.376 e. The molecule has 0 radical (unpaired) electrons. The molecule has 6 atom stereocenters. The normalized spacial score (nSPS) is 24.1. The first-order chi connectivity index (χ1) is 23.2. The predicted octanol–water partition coefficient (Wildman–Crippen LogP) is 2.75. The Balaban J connectivity index is 1.83. The van der Waals surface area contributed by atoms with Crippen LogP contribution in [0, 0.1) is 28.6 Å². The Kier molecular flexibility index (Phi) is 14.5. The first-order valence-corrected chi connectivity index (χ1v) is 20.0. The molecule has 3 fully saturated rings. The van der Waals surface area contributed by atoms with Crippen LogP contribution in [0.25, 0.3) is 0 Å². The Morgan fingerprint density at radius 2 is 1.60 bits per heavy atom. The zero-order chi connectivity index (χ0) is 37.6. The standard InChI is InChI=1S/C36H64N6O7S/c1-10-17-37-32(45)29(43)26(21-24-14-13-15-24)38-31(44)28-25(23(2)3)16-19-42(28)33(46)30(36(7,8)9)40-34(47)39-27(35(4,5)6)22-41-18-11-12-20-50(41,48)49/h10,23-28,30-31,38,44H,1,11-22H2,2-9H3,(H,37,45)(H2,39,40,47)/t25-,26?,27-,28+,30-,31?/m1/s1. The molecule has 1 saturated carbocycles. The van der Waals surface area contributed by atoms with Crippen LogP contribution in [0.3, 0.4) is 0 Å². The summed E-state index contributed by atoms with van der Waals surface area (Å²) < 4.78 is 27.0. The second-order valence-electron chi connectivity index (χ2n) is 17.0. The topological polar surface area (TPSA) is 177 Å². The number of hydrogen-bond acceptors (Lipinski definition) is 8. The fourth-order valence-corrected chi connectivity index (χ4v) is 8.80. The van der Waals surface area contributed by atoms with Crippen LogP contribution in [-0.2, 0) is 24.4 Å². The molecule has 50 heavy (non-hydrogen) atoms. The van der Waals surface area contributed by atoms with Crippen LogP contribution in [0.4, 0.5) is 4.79 Å². The van der Waals surface area contributed by atoms with Crippen molar-refractivity contribution in [1.82, 2.24) is 30.5 Å². The lowest BCUT2D eigenvalue weighted by atomic mass is 9.79. The molecule has 2 aliphatic heterocycles. The molecule has 5 N–H and O–H groups in total. The number of carbonyl (C=O) groups excluding carboxylic acids is 4. The molecule has 13 nitrogen and oxygen atoms in total. The lowest BCUT2D eigenvalue weighted by Crippen LogP contribution is -2.63. The Hall–Kier alpha value is -2.55. The van der Waals surface area contributed by atoms with E-state index >= 15 is 0 Å². The molecular formula is C36H64N6O7S. The third kappa shape index (κ3) is 11.0. The van der Waals surface area contributed by atoms with Gasteiger partial charge < -0.3 is 26.0 Å². The molecule has 286 valence electrons. The molecule has 14 heteroatoms. The monoisotopic (exact) mass is 724 g/mol. The number of hydrogen-bond donors (Lipinski definition) is 5. The highest BCUT2D eigenvalue weighted by Gasteiger charge is 2.48. The first kappa shape index (κ1) is 41.9. The first-order valence-electron chi connectivity index (χ1n) is 18.4. The van der Waals surface area contributed by atoms with E-state index in [1.807, 2.05) is 55.4 Å². The lowest BCUT2D eigenvalue weighted by molar-refractivity contribution is -0.142. The highest BCUT2D eigenvalue weighted by molar-refractivity contribution is 7.89. The van der Waals surface area contributed by atoms with Gasteiger partial charge in [0.1, 0.15) is 12.3 Å². The number of aliphatic hydroxyl groups is 1. The van der Waals surface area contributed by atoms with Crippen molar-refractivity contribution in [2.24, 2.45) is 28.6 Å². The molecular weight excluding hydrogens is 660 g/mol. The van der Waals surface area contributed by atoms with Crippen LogP contribution >= 0.6 is 0 Å². The van der Waals surface area contributed by atoms with Crippen LogP contribution < -0.4 is 21.3 Å². The van der Waals surface area contributed by atoms with Crippen molar-refractivity contribution >= 4 is 33.7 Å². The van der Waals surface area contributed by atoms with Crippen molar-refractivity contribution in [3.8, 4) is 0 Å². The number of carbonyl (C=O) groups is 4. The summed E-state index contributed by atoms with van der Waals surface area (Å²) in [6.45, 7) is 20.0. The van der Waals surface area contributed by atoms with Gasteiger partial charge in [-0.15, -0.1) is 6.58 Å². The second-order valence-corrected chi connectivity index (χ2v) is 19.1. The maximum absolute atomic E-state index is 14.5. The van der Waals surface area contributed by atoms with Crippen molar-refractivity contribution < 1.29 is 32.7 Å². The van der Waals surface area contributed by atoms with Gasteiger partial charge in [0, 0.05) is 32.2 Å². The zero-order valence-corrected chi connectivity index (χ0v) is 32.4. The minimum absolute atomic E-state index is 0.0870. The number of nitrogens with one attached hydrogen (secondary N) is 4. The minimum atomic E-state index is -3.42. The molecule has 3 aliphatic rings. The third-order valence-electron chi connectivity index (χ3n) is 10.7. The summed E-state index contributed by atoms with van der Waals surface area (Å²) in [5.74, 6) is -1.44. The molecule has 3 rings (SSSR count). The van der Waals surface area contributed by atoms with Gasteiger partial charge in [0.05, 0.1) is 17.8 Å². The van der Waals surface area contributed by atoms with E-state index in [4.69, 9.17) is 0 Å². The van der Waals surface area contributed by atoms with E-state index in [9.17, 15) is 32.7 Å². The van der Waals surface area contributed by atoms with Gasteiger partial charge in [-0.1, -0.05) is 80.7 Å². The summed E-state index contributed by atoms with van der Waals surface area (Å²) in [4.78, 5) is 55.7. The van der Waals surface area contributed by atoms with Crippen LogP contribution in [0.2, 0.25) is 0 Å². The number of sulfonamides is 1. The van der Waals surface area contributed by atoms with Crippen LogP contribution in [0.15, 0.2) is 12.7 Å². The number of urea groups is 1. The maximum Gasteiger partial charge on any atom is 0.315 e. The zero-order valence-electron chi connectivity index (χ0n) is 31.6. The van der Waals surface area contributed by atoms with Crippen molar-refractivity contribution in [2.75, 3.05) is 31.9 Å². The number of Topliss-reactive ketones (excluding diaryl/α,β-unsaturated/α-hetero) is 1. The number of aliphatic hydroxyl groups excluding tert-OH is 1. The van der Waals surface area contributed by atoms with E-state index in [-0.39, 0.29) is 42.5 Å². The van der Waals surface area contributed by atoms with Crippen LogP contribution in [0.1, 0.15) is 100 Å². The van der Waals surface area contributed by atoms with Gasteiger partial charge in [0.25, 0.3) is 5.91 Å². The molecule has 0 bridgehead atoms. The summed E-state index contributed by atoms with van der Waals surface area (Å²) in [7, 11) is -3.42. The molecule has 4 amide bonds.